The van der Waals surface area contributed by atoms with Gasteiger partial charge in [-0.2, -0.15) is 0 Å². The van der Waals surface area contributed by atoms with Gasteiger partial charge in [-0.25, -0.2) is 0 Å². The Morgan fingerprint density at radius 1 is 1.09 bits per heavy atom. The fraction of sp³-hybridized carbons (Fsp3) is 0.500. The molecule has 0 nitrogen and oxygen atoms in total. The van der Waals surface area contributed by atoms with Crippen LogP contribution in [0.4, 0.5) is 0 Å². The van der Waals surface area contributed by atoms with Crippen molar-refractivity contribution in [3.63, 3.8) is 0 Å². The van der Waals surface area contributed by atoms with Gasteiger partial charge in [-0.15, -0.1) is 35.0 Å². The van der Waals surface area contributed by atoms with Crippen LogP contribution in [-0.2, 0) is 4.08 Å². The monoisotopic (exact) mass is 358 g/mol. The number of rotatable bonds is 3. The van der Waals surface area contributed by atoms with E-state index >= 15 is 0 Å². The van der Waals surface area contributed by atoms with E-state index in [1.807, 2.05) is 23.5 Å². The molecule has 0 spiro atoms. The molecule has 1 aliphatic heterocycles. The molecule has 3 heteroatoms. The highest BCUT2D eigenvalue weighted by atomic mass is 32.2. The van der Waals surface area contributed by atoms with Gasteiger partial charge in [-0.3, -0.25) is 0 Å². The second-order valence-electron chi connectivity index (χ2n) is 6.80. The first-order valence-electron chi connectivity index (χ1n) is 8.37. The third-order valence-electron chi connectivity index (χ3n) is 3.45. The minimum Gasteiger partial charge on any atom is -0.127 e. The predicted octanol–water partition coefficient (Wildman–Crippen LogP) is 5.74. The minimum atomic E-state index is -1.31. The van der Waals surface area contributed by atoms with Gasteiger partial charge in [0.15, 0.2) is 0 Å². The van der Waals surface area contributed by atoms with Gasteiger partial charge in [-0.1, -0.05) is 57.0 Å². The van der Waals surface area contributed by atoms with Gasteiger partial charge >= 0.3 is 0 Å². The van der Waals surface area contributed by atoms with Crippen LogP contribution in [-0.4, -0.2) is 19.6 Å². The third-order valence-corrected chi connectivity index (χ3v) is 7.59. The lowest BCUT2D eigenvalue weighted by Gasteiger charge is -2.21. The highest BCUT2D eigenvalue weighted by Crippen LogP contribution is 2.51. The van der Waals surface area contributed by atoms with E-state index in [9.17, 15) is 0 Å². The Balaban J connectivity index is 2.19. The molecule has 0 bridgehead atoms. The number of thioether (sulfide) groups is 2. The van der Waals surface area contributed by atoms with Crippen LogP contribution in [0, 0.1) is 23.3 Å². The van der Waals surface area contributed by atoms with Crippen LogP contribution in [0.25, 0.3) is 0 Å². The summed E-state index contributed by atoms with van der Waals surface area (Å²) in [6.45, 7) is 9.06. The van der Waals surface area contributed by atoms with Gasteiger partial charge in [0.1, 0.15) is 12.2 Å². The zero-order valence-electron chi connectivity index (χ0n) is 14.7. The van der Waals surface area contributed by atoms with Crippen LogP contribution in [0.1, 0.15) is 37.3 Å². The maximum absolute atomic E-state index is 3.57. The Morgan fingerprint density at radius 3 is 2.30 bits per heavy atom. The summed E-state index contributed by atoms with van der Waals surface area (Å²) in [5, 5.41) is 0. The molecule has 0 amide bonds. The molecule has 1 saturated heterocycles. The average Bonchev–Trinajstić information content (AvgIpc) is 2.99. The highest BCUT2D eigenvalue weighted by Gasteiger charge is 2.35. The molecule has 1 heterocycles. The van der Waals surface area contributed by atoms with Gasteiger partial charge in [-0.05, 0) is 24.1 Å². The second kappa shape index (κ2) is 8.38. The maximum atomic E-state index is 3.57. The zero-order valence-corrected chi connectivity index (χ0v) is 17.3. The Labute approximate surface area is 151 Å². The molecule has 0 radical (unpaired) electrons. The molecular formula is C20H26S2Si. The molecule has 0 N–H and O–H groups in total. The van der Waals surface area contributed by atoms with Gasteiger partial charge in [0.2, 0.25) is 0 Å². The molecule has 1 aromatic carbocycles. The van der Waals surface area contributed by atoms with Gasteiger partial charge in [0, 0.05) is 23.5 Å². The summed E-state index contributed by atoms with van der Waals surface area (Å²) in [7, 11) is -1.31. The standard InChI is InChI=1S/C20H26S2Si/c1-5-6-7-8-14-20(21-15-16-22-20)19-11-9-18(10-12-19)13-17-23(2,3)4/h9-12H,5-7,15-16H2,1-4H3. The summed E-state index contributed by atoms with van der Waals surface area (Å²) in [6.07, 6.45) is 3.43. The molecule has 0 atom stereocenters. The Morgan fingerprint density at radius 2 is 1.74 bits per heavy atom. The number of benzene rings is 1. The van der Waals surface area contributed by atoms with E-state index in [0.29, 0.717) is 0 Å². The van der Waals surface area contributed by atoms with E-state index in [1.54, 1.807) is 0 Å². The first-order chi connectivity index (χ1) is 11.0. The van der Waals surface area contributed by atoms with Crippen LogP contribution in [0.5, 0.6) is 0 Å². The summed E-state index contributed by atoms with van der Waals surface area (Å²) in [5.41, 5.74) is 5.89. The third kappa shape index (κ3) is 5.68. The smallest absolute Gasteiger partial charge is 0.127 e. The number of unbranched alkanes of at least 4 members (excludes halogenated alkanes) is 2. The highest BCUT2D eigenvalue weighted by molar-refractivity contribution is 8.20. The summed E-state index contributed by atoms with van der Waals surface area (Å²) >= 11 is 3.97. The lowest BCUT2D eigenvalue weighted by molar-refractivity contribution is 0.827. The Bertz CT molecular complexity index is 627. The zero-order chi connectivity index (χ0) is 16.8. The molecule has 122 valence electrons. The number of hydrogen-bond acceptors (Lipinski definition) is 2. The van der Waals surface area contributed by atoms with E-state index < -0.39 is 8.07 Å². The van der Waals surface area contributed by atoms with Crippen LogP contribution in [0.3, 0.4) is 0 Å². The van der Waals surface area contributed by atoms with Crippen LogP contribution >= 0.6 is 23.5 Å². The van der Waals surface area contributed by atoms with E-state index in [-0.39, 0.29) is 4.08 Å². The molecule has 2 rings (SSSR count). The molecular weight excluding hydrogens is 332 g/mol. The average molecular weight is 359 g/mol. The van der Waals surface area contributed by atoms with Gasteiger partial charge in [0.25, 0.3) is 0 Å². The Kier molecular flexibility index (Phi) is 6.78. The van der Waals surface area contributed by atoms with Crippen molar-refractivity contribution in [3.8, 4) is 23.3 Å². The summed E-state index contributed by atoms with van der Waals surface area (Å²) in [5.74, 6) is 12.7. The molecule has 1 fully saturated rings. The fourth-order valence-corrected chi connectivity index (χ4v) is 5.69. The topological polar surface area (TPSA) is 0 Å². The van der Waals surface area contributed by atoms with E-state index in [1.165, 1.54) is 29.9 Å². The molecule has 23 heavy (non-hydrogen) atoms. The molecule has 0 unspecified atom stereocenters. The van der Waals surface area contributed by atoms with Crippen molar-refractivity contribution >= 4 is 31.6 Å². The quantitative estimate of drug-likeness (QED) is 0.384. The normalized spacial score (nSPS) is 16.2. The van der Waals surface area contributed by atoms with Crippen molar-refractivity contribution in [1.82, 2.24) is 0 Å². The summed E-state index contributed by atoms with van der Waals surface area (Å²) in [4.78, 5) is 0. The number of hydrogen-bond donors (Lipinski definition) is 0. The van der Waals surface area contributed by atoms with Crippen molar-refractivity contribution in [2.24, 2.45) is 0 Å². The van der Waals surface area contributed by atoms with Crippen molar-refractivity contribution < 1.29 is 0 Å². The lowest BCUT2D eigenvalue weighted by Crippen LogP contribution is -2.16. The van der Waals surface area contributed by atoms with Crippen LogP contribution < -0.4 is 0 Å². The first-order valence-corrected chi connectivity index (χ1v) is 13.8. The van der Waals surface area contributed by atoms with Gasteiger partial charge < -0.3 is 0 Å². The van der Waals surface area contributed by atoms with E-state index in [4.69, 9.17) is 0 Å². The SMILES string of the molecule is CCCCC#CC1(c2ccc(C#C[Si](C)(C)C)cc2)SCCS1. The van der Waals surface area contributed by atoms with Crippen LogP contribution in [0.15, 0.2) is 24.3 Å². The predicted molar refractivity (Wildman–Crippen MR) is 111 cm³/mol. The second-order valence-corrected chi connectivity index (χ2v) is 14.4. The first kappa shape index (κ1) is 18.6. The molecule has 0 aliphatic carbocycles. The summed E-state index contributed by atoms with van der Waals surface area (Å²) in [6, 6.07) is 8.79. The van der Waals surface area contributed by atoms with Crippen molar-refractivity contribution in [3.05, 3.63) is 35.4 Å². The van der Waals surface area contributed by atoms with Crippen molar-refractivity contribution in [2.45, 2.75) is 49.9 Å². The Hall–Kier alpha value is -0.743. The van der Waals surface area contributed by atoms with E-state index in [2.05, 4.69) is 74.1 Å². The molecule has 1 aromatic rings. The molecule has 0 saturated carbocycles. The molecule has 0 aromatic heterocycles. The molecule has 1 aliphatic rings. The minimum absolute atomic E-state index is 0.0571. The fourth-order valence-electron chi connectivity index (χ4n) is 2.20. The van der Waals surface area contributed by atoms with Crippen LogP contribution in [0.2, 0.25) is 19.6 Å². The lowest BCUT2D eigenvalue weighted by atomic mass is 10.1. The van der Waals surface area contributed by atoms with Crippen molar-refractivity contribution in [2.75, 3.05) is 11.5 Å². The maximum Gasteiger partial charge on any atom is 0.147 e. The largest absolute Gasteiger partial charge is 0.147 e. The summed E-state index contributed by atoms with van der Waals surface area (Å²) < 4.78 is -0.0571. The van der Waals surface area contributed by atoms with Crippen molar-refractivity contribution in [1.29, 1.82) is 0 Å². The van der Waals surface area contributed by atoms with E-state index in [0.717, 1.165) is 12.0 Å². The van der Waals surface area contributed by atoms with Gasteiger partial charge in [0.05, 0.1) is 0 Å².